The Bertz CT molecular complexity index is 2720. The van der Waals surface area contributed by atoms with E-state index in [1.807, 2.05) is 56.3 Å². The van der Waals surface area contributed by atoms with Gasteiger partial charge in [-0.15, -0.1) is 0 Å². The molecule has 1 aliphatic carbocycles. The van der Waals surface area contributed by atoms with Crippen LogP contribution in [0.15, 0.2) is 97.1 Å². The van der Waals surface area contributed by atoms with Crippen molar-refractivity contribution in [2.45, 2.75) is 60.3 Å². The SMILES string of the molecule is CC.COc1cc(NS(C)(=O)=O)c(-c2cc3c4c(c(Nc5ccc([N+](=O)[O-])cc5)cc(Oc5ccc(C(C)(C)CC(C)(C)C)cc5)c4n2)C(=O)c2ccccc2-3)cc1OC. The summed E-state index contributed by atoms with van der Waals surface area (Å²) in [6.45, 7) is 15.1. The molecule has 5 aromatic carbocycles. The highest BCUT2D eigenvalue weighted by Crippen LogP contribution is 2.49. The van der Waals surface area contributed by atoms with Crippen LogP contribution in [0, 0.1) is 15.5 Å². The summed E-state index contributed by atoms with van der Waals surface area (Å²) in [5, 5.41) is 15.3. The second-order valence-corrected chi connectivity index (χ2v) is 18.0. The number of pyridine rings is 1. The number of ketones is 1. The van der Waals surface area contributed by atoms with E-state index in [4.69, 9.17) is 19.2 Å². The molecule has 1 heterocycles. The summed E-state index contributed by atoms with van der Waals surface area (Å²) in [5.74, 6) is 1.22. The average Bonchev–Trinajstić information content (AvgIpc) is 3.19. The number of benzene rings is 5. The highest BCUT2D eigenvalue weighted by Gasteiger charge is 2.32. The van der Waals surface area contributed by atoms with Crippen LogP contribution in [0.4, 0.5) is 22.7 Å². The van der Waals surface area contributed by atoms with Crippen LogP contribution in [0.2, 0.25) is 0 Å². The number of aromatic nitrogens is 1. The van der Waals surface area contributed by atoms with Crippen molar-refractivity contribution < 1.29 is 32.3 Å². The molecule has 0 saturated heterocycles. The van der Waals surface area contributed by atoms with E-state index < -0.39 is 14.9 Å². The molecule has 0 atom stereocenters. The van der Waals surface area contributed by atoms with Gasteiger partial charge in [0.25, 0.3) is 5.69 Å². The van der Waals surface area contributed by atoms with Gasteiger partial charge in [-0.05, 0) is 70.3 Å². The minimum atomic E-state index is -3.77. The van der Waals surface area contributed by atoms with E-state index in [9.17, 15) is 23.3 Å². The fraction of sp³-hybridized carbons (Fsp3) is 0.277. The molecule has 0 saturated carbocycles. The summed E-state index contributed by atoms with van der Waals surface area (Å²) in [7, 11) is -0.825. The summed E-state index contributed by atoms with van der Waals surface area (Å²) in [6.07, 6.45) is 2.02. The van der Waals surface area contributed by atoms with E-state index in [1.54, 1.807) is 36.4 Å². The molecule has 7 rings (SSSR count). The first-order chi connectivity index (χ1) is 28.4. The lowest BCUT2D eigenvalue weighted by molar-refractivity contribution is -0.384. The minimum absolute atomic E-state index is 0.0764. The number of nitro groups is 1. The van der Waals surface area contributed by atoms with Crippen molar-refractivity contribution >= 4 is 49.5 Å². The van der Waals surface area contributed by atoms with Crippen LogP contribution in [0.1, 0.15) is 76.4 Å². The number of anilines is 3. The lowest BCUT2D eigenvalue weighted by atomic mass is 9.72. The highest BCUT2D eigenvalue weighted by atomic mass is 32.2. The molecule has 1 aromatic heterocycles. The first-order valence-corrected chi connectivity index (χ1v) is 21.4. The number of nitro benzene ring substituents is 1. The van der Waals surface area contributed by atoms with Gasteiger partial charge in [-0.3, -0.25) is 19.6 Å². The predicted molar refractivity (Wildman–Crippen MR) is 239 cm³/mol. The number of hydrogen-bond acceptors (Lipinski definition) is 10. The predicted octanol–water partition coefficient (Wildman–Crippen LogP) is 11.7. The van der Waals surface area contributed by atoms with Gasteiger partial charge in [0.15, 0.2) is 23.0 Å². The Hall–Kier alpha value is -6.47. The van der Waals surface area contributed by atoms with Gasteiger partial charge in [-0.25, -0.2) is 13.4 Å². The summed E-state index contributed by atoms with van der Waals surface area (Å²) in [6, 6.07) is 27.8. The number of fused-ring (bicyclic) bond motifs is 2. The Kier molecular flexibility index (Phi) is 12.0. The van der Waals surface area contributed by atoms with Crippen LogP contribution in [0.5, 0.6) is 23.0 Å². The van der Waals surface area contributed by atoms with E-state index in [0.717, 1.165) is 18.2 Å². The van der Waals surface area contributed by atoms with Gasteiger partial charge in [0.05, 0.1) is 48.0 Å². The van der Waals surface area contributed by atoms with Crippen molar-refractivity contribution in [2.75, 3.05) is 30.5 Å². The number of methoxy groups -OCH3 is 2. The summed E-state index contributed by atoms with van der Waals surface area (Å²) in [5.41, 5.74) is 5.37. The number of hydrogen-bond donors (Lipinski definition) is 2. The third-order valence-corrected chi connectivity index (χ3v) is 10.6. The van der Waals surface area contributed by atoms with Crippen molar-refractivity contribution in [3.05, 3.63) is 124 Å². The minimum Gasteiger partial charge on any atom is -0.493 e. The van der Waals surface area contributed by atoms with E-state index in [2.05, 4.69) is 44.7 Å². The lowest BCUT2D eigenvalue weighted by Gasteiger charge is -2.33. The molecule has 6 aromatic rings. The van der Waals surface area contributed by atoms with Crippen LogP contribution in [0.3, 0.4) is 0 Å². The van der Waals surface area contributed by atoms with E-state index in [1.165, 1.54) is 32.4 Å². The second kappa shape index (κ2) is 16.6. The fourth-order valence-electron chi connectivity index (χ4n) is 7.92. The van der Waals surface area contributed by atoms with Gasteiger partial charge >= 0.3 is 0 Å². The number of non-ortho nitro benzene ring substituents is 1. The maximum atomic E-state index is 14.6. The smallest absolute Gasteiger partial charge is 0.269 e. The van der Waals surface area contributed by atoms with Gasteiger partial charge in [0.2, 0.25) is 10.0 Å². The van der Waals surface area contributed by atoms with Crippen molar-refractivity contribution in [2.24, 2.45) is 5.41 Å². The van der Waals surface area contributed by atoms with E-state index in [-0.39, 0.29) is 28.0 Å². The number of carbonyl (C=O) groups is 1. The van der Waals surface area contributed by atoms with Gasteiger partial charge in [0.1, 0.15) is 11.3 Å². The Morgan fingerprint density at radius 1 is 0.750 bits per heavy atom. The largest absolute Gasteiger partial charge is 0.493 e. The monoisotopic (exact) mass is 830 g/mol. The molecule has 12 nitrogen and oxygen atoms in total. The molecular formula is C47H50N4O8S. The van der Waals surface area contributed by atoms with Crippen LogP contribution in [0.25, 0.3) is 33.3 Å². The highest BCUT2D eigenvalue weighted by molar-refractivity contribution is 7.92. The molecule has 2 N–H and O–H groups in total. The summed E-state index contributed by atoms with van der Waals surface area (Å²) < 4.78 is 45.8. The topological polar surface area (TPSA) is 159 Å². The van der Waals surface area contributed by atoms with Crippen molar-refractivity contribution in [3.8, 4) is 45.4 Å². The second-order valence-electron chi connectivity index (χ2n) is 16.3. The number of nitrogens with zero attached hydrogens (tertiary/aromatic N) is 2. The summed E-state index contributed by atoms with van der Waals surface area (Å²) in [4.78, 5) is 30.7. The van der Waals surface area contributed by atoms with E-state index in [0.29, 0.717) is 78.8 Å². The first-order valence-electron chi connectivity index (χ1n) is 19.6. The van der Waals surface area contributed by atoms with Crippen LogP contribution >= 0.6 is 0 Å². The van der Waals surface area contributed by atoms with Crippen LogP contribution in [-0.2, 0) is 15.4 Å². The maximum absolute atomic E-state index is 14.6. The molecule has 0 radical (unpaired) electrons. The van der Waals surface area contributed by atoms with Gasteiger partial charge in [-0.1, -0.05) is 84.9 Å². The molecule has 60 heavy (non-hydrogen) atoms. The Morgan fingerprint density at radius 3 is 1.93 bits per heavy atom. The van der Waals surface area contributed by atoms with Crippen LogP contribution in [-0.4, -0.2) is 44.6 Å². The Labute approximate surface area is 351 Å². The molecular weight excluding hydrogens is 781 g/mol. The number of rotatable bonds is 12. The molecule has 0 amide bonds. The zero-order chi connectivity index (χ0) is 43.7. The molecule has 0 aliphatic heterocycles. The molecule has 0 bridgehead atoms. The molecule has 312 valence electrons. The molecule has 0 unspecified atom stereocenters. The first kappa shape index (κ1) is 43.1. The third-order valence-electron chi connectivity index (χ3n) is 10.0. The van der Waals surface area contributed by atoms with Gasteiger partial charge in [-0.2, -0.15) is 0 Å². The molecule has 0 fully saturated rings. The summed E-state index contributed by atoms with van der Waals surface area (Å²) >= 11 is 0. The number of sulfonamides is 1. The quantitative estimate of drug-likeness (QED) is 0.0896. The maximum Gasteiger partial charge on any atom is 0.269 e. The third kappa shape index (κ3) is 8.91. The Morgan fingerprint density at radius 2 is 1.35 bits per heavy atom. The van der Waals surface area contributed by atoms with Crippen molar-refractivity contribution in [1.82, 2.24) is 4.98 Å². The Balaban J connectivity index is 0.00000297. The normalized spacial score (nSPS) is 12.2. The molecule has 13 heteroatoms. The van der Waals surface area contributed by atoms with Gasteiger partial charge in [0, 0.05) is 46.5 Å². The lowest BCUT2D eigenvalue weighted by Crippen LogP contribution is -2.24. The van der Waals surface area contributed by atoms with Crippen molar-refractivity contribution in [3.63, 3.8) is 0 Å². The fourth-order valence-corrected chi connectivity index (χ4v) is 8.49. The number of nitrogens with one attached hydrogen (secondary N) is 2. The zero-order valence-electron chi connectivity index (χ0n) is 35.5. The molecule has 1 aliphatic rings. The van der Waals surface area contributed by atoms with Gasteiger partial charge < -0.3 is 19.5 Å². The van der Waals surface area contributed by atoms with E-state index >= 15 is 0 Å². The zero-order valence-corrected chi connectivity index (χ0v) is 36.3. The number of ether oxygens (including phenoxy) is 3. The van der Waals surface area contributed by atoms with Crippen molar-refractivity contribution in [1.29, 1.82) is 0 Å². The average molecular weight is 831 g/mol. The standard InChI is InChI=1S/C45H44N4O8S.C2H6/c1-44(2,3)25-45(4,5)26-13-19-29(20-14-26)57-39-24-36(46-27-15-17-28(18-16-27)49(51)52)41-40-32(30-11-9-10-12-31(30)43(41)50)21-34(47-42(39)40)33-22-37(55-6)38(56-7)23-35(33)48-58(8,53)54;1-2/h9-24,46,48H,25H2,1-8H3;1-2H3. The van der Waals surface area contributed by atoms with Crippen LogP contribution < -0.4 is 24.2 Å². The molecule has 0 spiro atoms. The number of carbonyl (C=O) groups excluding carboxylic acids is 1.